The third-order valence-electron chi connectivity index (χ3n) is 3.26. The zero-order valence-corrected chi connectivity index (χ0v) is 9.11. The van der Waals surface area contributed by atoms with Crippen LogP contribution in [0.1, 0.15) is 12.8 Å². The van der Waals surface area contributed by atoms with Crippen molar-refractivity contribution in [3.63, 3.8) is 0 Å². The van der Waals surface area contributed by atoms with Gasteiger partial charge in [-0.05, 0) is 31.5 Å². The number of rotatable bonds is 4. The van der Waals surface area contributed by atoms with Crippen LogP contribution in [0.5, 0.6) is 5.75 Å². The van der Waals surface area contributed by atoms with Gasteiger partial charge < -0.3 is 15.7 Å². The topological polar surface area (TPSA) is 49.5 Å². The van der Waals surface area contributed by atoms with Crippen LogP contribution >= 0.6 is 0 Å². The van der Waals surface area contributed by atoms with Crippen molar-refractivity contribution in [2.45, 2.75) is 12.8 Å². The van der Waals surface area contributed by atoms with E-state index in [0.29, 0.717) is 11.2 Å². The minimum atomic E-state index is 0.303. The molecule has 0 bridgehead atoms. The highest BCUT2D eigenvalue weighted by molar-refractivity contribution is 5.57. The number of phenolic OH excluding ortho intramolecular Hbond substituents is 1. The van der Waals surface area contributed by atoms with Gasteiger partial charge in [0.2, 0.25) is 0 Å². The molecular weight excluding hydrogens is 188 g/mol. The van der Waals surface area contributed by atoms with Gasteiger partial charge in [-0.2, -0.15) is 0 Å². The molecule has 1 aromatic carbocycles. The summed E-state index contributed by atoms with van der Waals surface area (Å²) in [5, 5.41) is 9.70. The number of hydrogen-bond donors (Lipinski definition) is 2. The van der Waals surface area contributed by atoms with E-state index in [2.05, 4.69) is 4.90 Å². The second kappa shape index (κ2) is 3.74. The van der Waals surface area contributed by atoms with E-state index in [1.165, 1.54) is 12.8 Å². The zero-order valence-electron chi connectivity index (χ0n) is 9.11. The molecule has 15 heavy (non-hydrogen) atoms. The quantitative estimate of drug-likeness (QED) is 0.786. The Morgan fingerprint density at radius 3 is 2.60 bits per heavy atom. The minimum Gasteiger partial charge on any atom is -0.506 e. The summed E-state index contributed by atoms with van der Waals surface area (Å²) in [5.74, 6) is 0.341. The molecule has 0 aromatic heterocycles. The summed E-state index contributed by atoms with van der Waals surface area (Å²) in [4.78, 5) is 2.09. The maximum atomic E-state index is 9.70. The molecule has 0 atom stereocenters. The van der Waals surface area contributed by atoms with Gasteiger partial charge in [0.25, 0.3) is 0 Å². The van der Waals surface area contributed by atoms with E-state index >= 15 is 0 Å². The molecule has 3 heteroatoms. The Morgan fingerprint density at radius 2 is 2.07 bits per heavy atom. The number of aromatic hydroxyl groups is 1. The van der Waals surface area contributed by atoms with Crippen molar-refractivity contribution >= 4 is 5.69 Å². The summed E-state index contributed by atoms with van der Waals surface area (Å²) in [6.07, 6.45) is 2.42. The predicted octanol–water partition coefficient (Wildman–Crippen LogP) is 1.57. The second-order valence-electron chi connectivity index (χ2n) is 4.55. The smallest absolute Gasteiger partial charge is 0.138 e. The third-order valence-corrected chi connectivity index (χ3v) is 3.26. The lowest BCUT2D eigenvalue weighted by Crippen LogP contribution is -2.31. The summed E-state index contributed by atoms with van der Waals surface area (Å²) < 4.78 is 0. The number of phenols is 1. The van der Waals surface area contributed by atoms with Crippen LogP contribution in [-0.4, -0.2) is 25.2 Å². The average Bonchev–Trinajstić information content (AvgIpc) is 2.99. The van der Waals surface area contributed by atoms with Crippen LogP contribution in [0.3, 0.4) is 0 Å². The Bertz CT molecular complexity index is 347. The molecule has 0 heterocycles. The molecule has 1 aliphatic carbocycles. The summed E-state index contributed by atoms with van der Waals surface area (Å²) in [6.45, 7) is 1.67. The van der Waals surface area contributed by atoms with Gasteiger partial charge in [-0.25, -0.2) is 0 Å². The maximum Gasteiger partial charge on any atom is 0.138 e. The fraction of sp³-hybridized carbons (Fsp3) is 0.500. The van der Waals surface area contributed by atoms with Gasteiger partial charge >= 0.3 is 0 Å². The summed E-state index contributed by atoms with van der Waals surface area (Å²) in [5.41, 5.74) is 6.93. The fourth-order valence-corrected chi connectivity index (χ4v) is 1.98. The molecule has 82 valence electrons. The average molecular weight is 206 g/mol. The van der Waals surface area contributed by atoms with E-state index in [0.717, 1.165) is 18.8 Å². The van der Waals surface area contributed by atoms with E-state index in [-0.39, 0.29) is 0 Å². The Morgan fingerprint density at radius 1 is 1.40 bits per heavy atom. The SMILES string of the molecule is CN(CC1(CN)CC1)c1ccccc1O. The van der Waals surface area contributed by atoms with Crippen molar-refractivity contribution in [3.8, 4) is 5.75 Å². The lowest BCUT2D eigenvalue weighted by molar-refractivity contribution is 0.469. The molecule has 0 aliphatic heterocycles. The minimum absolute atomic E-state index is 0.303. The zero-order chi connectivity index (χ0) is 10.9. The highest BCUT2D eigenvalue weighted by atomic mass is 16.3. The maximum absolute atomic E-state index is 9.70. The Kier molecular flexibility index (Phi) is 2.57. The molecule has 0 saturated heterocycles. The van der Waals surface area contributed by atoms with Crippen molar-refractivity contribution in [2.24, 2.45) is 11.1 Å². The molecule has 3 nitrogen and oxygen atoms in total. The molecule has 1 aliphatic rings. The molecule has 1 fully saturated rings. The van der Waals surface area contributed by atoms with Gasteiger partial charge in [-0.15, -0.1) is 0 Å². The number of anilines is 1. The van der Waals surface area contributed by atoms with Gasteiger partial charge in [-0.3, -0.25) is 0 Å². The van der Waals surface area contributed by atoms with Crippen LogP contribution in [0.25, 0.3) is 0 Å². The van der Waals surface area contributed by atoms with Crippen molar-refractivity contribution < 1.29 is 5.11 Å². The molecule has 1 aromatic rings. The predicted molar refractivity (Wildman–Crippen MR) is 62.1 cm³/mol. The van der Waals surface area contributed by atoms with E-state index in [4.69, 9.17) is 5.73 Å². The van der Waals surface area contributed by atoms with Crippen LogP contribution in [-0.2, 0) is 0 Å². The lowest BCUT2D eigenvalue weighted by Gasteiger charge is -2.25. The van der Waals surface area contributed by atoms with Gasteiger partial charge in [0.1, 0.15) is 5.75 Å². The monoisotopic (exact) mass is 206 g/mol. The third kappa shape index (κ3) is 2.07. The van der Waals surface area contributed by atoms with Crippen LogP contribution in [0.4, 0.5) is 5.69 Å². The second-order valence-corrected chi connectivity index (χ2v) is 4.55. The first-order chi connectivity index (χ1) is 7.17. The van der Waals surface area contributed by atoms with Crippen molar-refractivity contribution in [2.75, 3.05) is 25.0 Å². The van der Waals surface area contributed by atoms with Gasteiger partial charge in [0.05, 0.1) is 5.69 Å². The van der Waals surface area contributed by atoms with Crippen LogP contribution < -0.4 is 10.6 Å². The molecule has 2 rings (SSSR count). The van der Waals surface area contributed by atoms with E-state index in [9.17, 15) is 5.11 Å². The van der Waals surface area contributed by atoms with E-state index in [1.807, 2.05) is 25.2 Å². The normalized spacial score (nSPS) is 17.5. The Labute approximate surface area is 90.5 Å². The molecule has 3 N–H and O–H groups in total. The molecule has 0 unspecified atom stereocenters. The molecule has 1 saturated carbocycles. The number of nitrogens with zero attached hydrogens (tertiary/aromatic N) is 1. The highest BCUT2D eigenvalue weighted by Gasteiger charge is 2.42. The molecule has 0 spiro atoms. The Balaban J connectivity index is 2.08. The fourth-order valence-electron chi connectivity index (χ4n) is 1.98. The van der Waals surface area contributed by atoms with E-state index < -0.39 is 0 Å². The van der Waals surface area contributed by atoms with Crippen LogP contribution in [0, 0.1) is 5.41 Å². The Hall–Kier alpha value is -1.22. The first-order valence-electron chi connectivity index (χ1n) is 5.36. The summed E-state index contributed by atoms with van der Waals surface area (Å²) in [6, 6.07) is 7.42. The first-order valence-corrected chi connectivity index (χ1v) is 5.36. The number of hydrogen-bond acceptors (Lipinski definition) is 3. The molecule has 0 radical (unpaired) electrons. The van der Waals surface area contributed by atoms with Gasteiger partial charge in [0.15, 0.2) is 0 Å². The summed E-state index contributed by atoms with van der Waals surface area (Å²) >= 11 is 0. The van der Waals surface area contributed by atoms with Crippen LogP contribution in [0.15, 0.2) is 24.3 Å². The van der Waals surface area contributed by atoms with Crippen molar-refractivity contribution in [1.29, 1.82) is 0 Å². The first kappa shape index (κ1) is 10.3. The number of nitrogens with two attached hydrogens (primary N) is 1. The largest absolute Gasteiger partial charge is 0.506 e. The standard InChI is InChI=1S/C12H18N2O/c1-14(9-12(8-13)6-7-12)10-4-2-3-5-11(10)15/h2-5,15H,6-9,13H2,1H3. The van der Waals surface area contributed by atoms with Crippen LogP contribution in [0.2, 0.25) is 0 Å². The summed E-state index contributed by atoms with van der Waals surface area (Å²) in [7, 11) is 2.00. The van der Waals surface area contributed by atoms with Crippen molar-refractivity contribution in [3.05, 3.63) is 24.3 Å². The highest BCUT2D eigenvalue weighted by Crippen LogP contribution is 2.45. The van der Waals surface area contributed by atoms with Crippen molar-refractivity contribution in [1.82, 2.24) is 0 Å². The molecular formula is C12H18N2O. The lowest BCUT2D eigenvalue weighted by atomic mass is 10.1. The number of benzene rings is 1. The van der Waals surface area contributed by atoms with Gasteiger partial charge in [0, 0.05) is 19.0 Å². The molecule has 0 amide bonds. The van der Waals surface area contributed by atoms with Gasteiger partial charge in [-0.1, -0.05) is 12.1 Å². The van der Waals surface area contributed by atoms with E-state index in [1.54, 1.807) is 6.07 Å². The number of para-hydroxylation sites is 2.